The Kier molecular flexibility index (Phi) is 3.49. The second-order valence-electron chi connectivity index (χ2n) is 3.27. The van der Waals surface area contributed by atoms with E-state index in [1.807, 2.05) is 0 Å². The lowest BCUT2D eigenvalue weighted by Crippen LogP contribution is -2.36. The van der Waals surface area contributed by atoms with Gasteiger partial charge in [0, 0.05) is 19.2 Å². The lowest BCUT2D eigenvalue weighted by molar-refractivity contribution is -0.125. The first-order valence-electron chi connectivity index (χ1n) is 4.26. The van der Waals surface area contributed by atoms with E-state index in [4.69, 9.17) is 10.5 Å². The van der Waals surface area contributed by atoms with Crippen LogP contribution in [0, 0.1) is 0 Å². The molecule has 1 saturated carbocycles. The lowest BCUT2D eigenvalue weighted by atomic mass is 10.2. The summed E-state index contributed by atoms with van der Waals surface area (Å²) in [5.74, 6) is -0.0448. The van der Waals surface area contributed by atoms with Gasteiger partial charge in [0.2, 0.25) is 5.91 Å². The van der Waals surface area contributed by atoms with Crippen molar-refractivity contribution in [2.75, 3.05) is 13.7 Å². The van der Waals surface area contributed by atoms with E-state index >= 15 is 0 Å². The molecule has 0 saturated heterocycles. The van der Waals surface area contributed by atoms with Gasteiger partial charge in [0.25, 0.3) is 0 Å². The van der Waals surface area contributed by atoms with Gasteiger partial charge in [-0.3, -0.25) is 4.79 Å². The number of amides is 1. The van der Waals surface area contributed by atoms with Crippen molar-refractivity contribution in [2.24, 2.45) is 5.73 Å². The largest absolute Gasteiger partial charge is 0.375 e. The highest BCUT2D eigenvalue weighted by Crippen LogP contribution is 2.16. The Labute approximate surface area is 72.5 Å². The van der Waals surface area contributed by atoms with Gasteiger partial charge < -0.3 is 15.8 Å². The van der Waals surface area contributed by atoms with E-state index in [1.54, 1.807) is 0 Å². The van der Waals surface area contributed by atoms with E-state index in [1.165, 1.54) is 7.11 Å². The molecule has 0 bridgehead atoms. The van der Waals surface area contributed by atoms with Crippen molar-refractivity contribution in [3.8, 4) is 0 Å². The van der Waals surface area contributed by atoms with Crippen LogP contribution in [-0.4, -0.2) is 31.7 Å². The normalized spacial score (nSPS) is 28.8. The zero-order chi connectivity index (χ0) is 8.97. The molecule has 0 aliphatic heterocycles. The van der Waals surface area contributed by atoms with E-state index in [-0.39, 0.29) is 24.6 Å². The quantitative estimate of drug-likeness (QED) is 0.610. The molecular formula is C8H16N2O2. The predicted octanol–water partition coefficient (Wildman–Crippen LogP) is -0.371. The maximum absolute atomic E-state index is 11.0. The Morgan fingerprint density at radius 2 is 2.42 bits per heavy atom. The third-order valence-corrected chi connectivity index (χ3v) is 2.11. The molecule has 0 unspecified atom stereocenters. The summed E-state index contributed by atoms with van der Waals surface area (Å²) < 4.78 is 4.70. The van der Waals surface area contributed by atoms with Crippen molar-refractivity contribution in [2.45, 2.75) is 31.3 Å². The number of ether oxygens (including phenoxy) is 1. The third kappa shape index (κ3) is 2.79. The van der Waals surface area contributed by atoms with Crippen molar-refractivity contribution in [1.82, 2.24) is 5.32 Å². The summed E-state index contributed by atoms with van der Waals surface area (Å²) >= 11 is 0. The Hall–Kier alpha value is -0.610. The van der Waals surface area contributed by atoms with Crippen LogP contribution in [0.5, 0.6) is 0 Å². The van der Waals surface area contributed by atoms with Crippen LogP contribution in [-0.2, 0) is 9.53 Å². The summed E-state index contributed by atoms with van der Waals surface area (Å²) in [6, 6.07) is 0.528. The average Bonchev–Trinajstić information content (AvgIpc) is 2.36. The van der Waals surface area contributed by atoms with Crippen LogP contribution in [0.25, 0.3) is 0 Å². The van der Waals surface area contributed by atoms with Gasteiger partial charge in [-0.15, -0.1) is 0 Å². The third-order valence-electron chi connectivity index (χ3n) is 2.11. The summed E-state index contributed by atoms with van der Waals surface area (Å²) in [7, 11) is 1.51. The number of methoxy groups -OCH3 is 1. The maximum atomic E-state index is 11.0. The first kappa shape index (κ1) is 9.48. The van der Waals surface area contributed by atoms with Gasteiger partial charge in [0.05, 0.1) is 0 Å². The minimum Gasteiger partial charge on any atom is -0.375 e. The second-order valence-corrected chi connectivity index (χ2v) is 3.27. The minimum absolute atomic E-state index is 0.0448. The predicted molar refractivity (Wildman–Crippen MR) is 45.6 cm³/mol. The molecular weight excluding hydrogens is 156 g/mol. The SMILES string of the molecule is COCC(=O)N[C@@H]1CC[C@H](N)C1. The zero-order valence-electron chi connectivity index (χ0n) is 7.38. The summed E-state index contributed by atoms with van der Waals surface area (Å²) in [6.07, 6.45) is 2.91. The summed E-state index contributed by atoms with van der Waals surface area (Å²) in [6.45, 7) is 0.145. The molecule has 3 N–H and O–H groups in total. The van der Waals surface area contributed by atoms with Gasteiger partial charge >= 0.3 is 0 Å². The molecule has 0 radical (unpaired) electrons. The van der Waals surface area contributed by atoms with Gasteiger partial charge in [-0.1, -0.05) is 0 Å². The molecule has 0 aromatic carbocycles. The smallest absolute Gasteiger partial charge is 0.246 e. The number of nitrogens with two attached hydrogens (primary N) is 1. The first-order chi connectivity index (χ1) is 5.72. The van der Waals surface area contributed by atoms with Crippen LogP contribution >= 0.6 is 0 Å². The van der Waals surface area contributed by atoms with Crippen molar-refractivity contribution in [3.05, 3.63) is 0 Å². The van der Waals surface area contributed by atoms with Crippen LogP contribution in [0.3, 0.4) is 0 Å². The maximum Gasteiger partial charge on any atom is 0.246 e. The fraction of sp³-hybridized carbons (Fsp3) is 0.875. The molecule has 70 valence electrons. The fourth-order valence-corrected chi connectivity index (χ4v) is 1.55. The van der Waals surface area contributed by atoms with Crippen molar-refractivity contribution in [1.29, 1.82) is 0 Å². The van der Waals surface area contributed by atoms with Gasteiger partial charge in [-0.2, -0.15) is 0 Å². The fourth-order valence-electron chi connectivity index (χ4n) is 1.55. The molecule has 2 atom stereocenters. The Bertz CT molecular complexity index is 161. The standard InChI is InChI=1S/C8H16N2O2/c1-12-5-8(11)10-7-3-2-6(9)4-7/h6-7H,2-5,9H2,1H3,(H,10,11)/t6-,7+/m0/s1. The van der Waals surface area contributed by atoms with Crippen LogP contribution in [0.4, 0.5) is 0 Å². The molecule has 1 amide bonds. The Morgan fingerprint density at radius 1 is 1.67 bits per heavy atom. The summed E-state index contributed by atoms with van der Waals surface area (Å²) in [5.41, 5.74) is 5.69. The lowest BCUT2D eigenvalue weighted by Gasteiger charge is -2.11. The highest BCUT2D eigenvalue weighted by Gasteiger charge is 2.22. The zero-order valence-corrected chi connectivity index (χ0v) is 7.38. The van der Waals surface area contributed by atoms with Crippen LogP contribution in [0.2, 0.25) is 0 Å². The van der Waals surface area contributed by atoms with E-state index in [0.717, 1.165) is 19.3 Å². The molecule has 0 aromatic heterocycles. The summed E-state index contributed by atoms with van der Waals surface area (Å²) in [5, 5.41) is 2.87. The topological polar surface area (TPSA) is 64.3 Å². The molecule has 0 aromatic rings. The second kappa shape index (κ2) is 4.42. The molecule has 1 aliphatic rings. The summed E-state index contributed by atoms with van der Waals surface area (Å²) in [4.78, 5) is 11.0. The molecule has 4 heteroatoms. The number of carbonyl (C=O) groups excluding carboxylic acids is 1. The van der Waals surface area contributed by atoms with Gasteiger partial charge in [-0.05, 0) is 19.3 Å². The monoisotopic (exact) mass is 172 g/mol. The molecule has 0 heterocycles. The van der Waals surface area contributed by atoms with Gasteiger partial charge in [-0.25, -0.2) is 0 Å². The number of carbonyl (C=O) groups is 1. The van der Waals surface area contributed by atoms with Gasteiger partial charge in [0.1, 0.15) is 6.61 Å². The van der Waals surface area contributed by atoms with Crippen LogP contribution in [0.1, 0.15) is 19.3 Å². The highest BCUT2D eigenvalue weighted by molar-refractivity contribution is 5.77. The van der Waals surface area contributed by atoms with E-state index < -0.39 is 0 Å². The Balaban J connectivity index is 2.18. The number of hydrogen-bond acceptors (Lipinski definition) is 3. The van der Waals surface area contributed by atoms with Crippen LogP contribution in [0.15, 0.2) is 0 Å². The molecule has 1 rings (SSSR count). The number of rotatable bonds is 3. The molecule has 4 nitrogen and oxygen atoms in total. The Morgan fingerprint density at radius 3 is 2.92 bits per heavy atom. The highest BCUT2D eigenvalue weighted by atomic mass is 16.5. The van der Waals surface area contributed by atoms with E-state index in [0.29, 0.717) is 0 Å². The van der Waals surface area contributed by atoms with Gasteiger partial charge in [0.15, 0.2) is 0 Å². The first-order valence-corrected chi connectivity index (χ1v) is 4.26. The van der Waals surface area contributed by atoms with E-state index in [2.05, 4.69) is 5.32 Å². The minimum atomic E-state index is -0.0448. The molecule has 0 spiro atoms. The van der Waals surface area contributed by atoms with E-state index in [9.17, 15) is 4.79 Å². The van der Waals surface area contributed by atoms with Crippen molar-refractivity contribution in [3.63, 3.8) is 0 Å². The number of nitrogens with one attached hydrogen (secondary N) is 1. The molecule has 1 fully saturated rings. The molecule has 12 heavy (non-hydrogen) atoms. The van der Waals surface area contributed by atoms with Crippen molar-refractivity contribution >= 4 is 5.91 Å². The number of hydrogen-bond donors (Lipinski definition) is 2. The van der Waals surface area contributed by atoms with Crippen LogP contribution < -0.4 is 11.1 Å². The van der Waals surface area contributed by atoms with Crippen molar-refractivity contribution < 1.29 is 9.53 Å². The molecule has 1 aliphatic carbocycles. The average molecular weight is 172 g/mol.